The zero-order chi connectivity index (χ0) is 17.1. The predicted molar refractivity (Wildman–Crippen MR) is 100 cm³/mol. The van der Waals surface area contributed by atoms with E-state index < -0.39 is 0 Å². The lowest BCUT2D eigenvalue weighted by Crippen LogP contribution is -2.19. The smallest absolute Gasteiger partial charge is 0.264 e. The molecule has 3 rings (SSSR count). The van der Waals surface area contributed by atoms with E-state index >= 15 is 0 Å². The van der Waals surface area contributed by atoms with Crippen molar-refractivity contribution in [2.24, 2.45) is 4.99 Å². The van der Waals surface area contributed by atoms with Gasteiger partial charge in [-0.25, -0.2) is 4.99 Å². The first kappa shape index (κ1) is 16.9. The number of amidine groups is 1. The van der Waals surface area contributed by atoms with Crippen molar-refractivity contribution >= 4 is 57.8 Å². The lowest BCUT2D eigenvalue weighted by atomic mass is 10.2. The van der Waals surface area contributed by atoms with E-state index in [1.807, 2.05) is 12.1 Å². The van der Waals surface area contributed by atoms with Gasteiger partial charge in [-0.3, -0.25) is 4.79 Å². The summed E-state index contributed by atoms with van der Waals surface area (Å²) in [4.78, 5) is 17.1. The molecule has 2 aromatic rings. The number of carbonyl (C=O) groups excluding carboxylic acids is 1. The molecule has 1 aliphatic rings. The van der Waals surface area contributed by atoms with Gasteiger partial charge in [0.15, 0.2) is 5.17 Å². The summed E-state index contributed by atoms with van der Waals surface area (Å²) in [6, 6.07) is 12.4. The Balaban J connectivity index is 1.87. The van der Waals surface area contributed by atoms with E-state index in [1.54, 1.807) is 43.5 Å². The van der Waals surface area contributed by atoms with Crippen LogP contribution in [0.2, 0.25) is 10.0 Å². The molecule has 0 spiro atoms. The van der Waals surface area contributed by atoms with Crippen LogP contribution in [-0.4, -0.2) is 18.2 Å². The molecule has 1 amide bonds. The number of aliphatic imine (C=N–C) groups is 1. The highest BCUT2D eigenvalue weighted by Gasteiger charge is 2.24. The van der Waals surface area contributed by atoms with E-state index in [-0.39, 0.29) is 5.91 Å². The van der Waals surface area contributed by atoms with Gasteiger partial charge in [0.05, 0.1) is 12.0 Å². The number of carbonyl (C=O) groups is 1. The fraction of sp³-hybridized carbons (Fsp3) is 0.0588. The normalized spacial score (nSPS) is 17.4. The summed E-state index contributed by atoms with van der Waals surface area (Å²) in [7, 11) is 1.55. The second-order valence-corrected chi connectivity index (χ2v) is 6.75. The standard InChI is InChI=1S/C17H12Cl2N2O2S/c1-23-14-7-6-12(19)9-13(14)20-17-21-16(22)15(24-17)8-10-2-4-11(18)5-3-10/h2-9H,1H3,(H,20,21,22)/b15-8-. The molecule has 1 aliphatic heterocycles. The van der Waals surface area contributed by atoms with Crippen molar-refractivity contribution in [2.75, 3.05) is 7.11 Å². The molecule has 122 valence electrons. The van der Waals surface area contributed by atoms with Crippen LogP contribution < -0.4 is 10.1 Å². The van der Waals surface area contributed by atoms with Crippen LogP contribution in [0.1, 0.15) is 5.56 Å². The highest BCUT2D eigenvalue weighted by molar-refractivity contribution is 8.18. The van der Waals surface area contributed by atoms with Gasteiger partial charge in [-0.15, -0.1) is 0 Å². The first-order chi connectivity index (χ1) is 11.5. The average Bonchev–Trinajstić information content (AvgIpc) is 2.89. The minimum Gasteiger partial charge on any atom is -0.494 e. The molecule has 0 aliphatic carbocycles. The Morgan fingerprint density at radius 2 is 1.83 bits per heavy atom. The Bertz CT molecular complexity index is 848. The fourth-order valence-corrected chi connectivity index (χ4v) is 3.18. The summed E-state index contributed by atoms with van der Waals surface area (Å²) in [5.41, 5.74) is 1.44. The Hall–Kier alpha value is -1.95. The van der Waals surface area contributed by atoms with E-state index in [4.69, 9.17) is 27.9 Å². The third-order valence-electron chi connectivity index (χ3n) is 3.18. The van der Waals surface area contributed by atoms with Crippen LogP contribution in [0.15, 0.2) is 52.4 Å². The van der Waals surface area contributed by atoms with Crippen molar-refractivity contribution in [3.8, 4) is 5.75 Å². The highest BCUT2D eigenvalue weighted by Crippen LogP contribution is 2.34. The van der Waals surface area contributed by atoms with Crippen LogP contribution in [0.3, 0.4) is 0 Å². The maximum atomic E-state index is 12.1. The van der Waals surface area contributed by atoms with Crippen molar-refractivity contribution in [3.63, 3.8) is 0 Å². The SMILES string of the molecule is COc1ccc(Cl)cc1N=C1NC(=O)/C(=C/c2ccc(Cl)cc2)S1. The molecule has 4 nitrogen and oxygen atoms in total. The highest BCUT2D eigenvalue weighted by atomic mass is 35.5. The number of hydrogen-bond donors (Lipinski definition) is 1. The average molecular weight is 379 g/mol. The summed E-state index contributed by atoms with van der Waals surface area (Å²) < 4.78 is 5.26. The van der Waals surface area contributed by atoms with Crippen molar-refractivity contribution < 1.29 is 9.53 Å². The number of nitrogens with zero attached hydrogens (tertiary/aromatic N) is 1. The molecule has 0 unspecified atom stereocenters. The third-order valence-corrected chi connectivity index (χ3v) is 4.58. The maximum Gasteiger partial charge on any atom is 0.264 e. The van der Waals surface area contributed by atoms with E-state index in [2.05, 4.69) is 10.3 Å². The number of nitrogens with one attached hydrogen (secondary N) is 1. The van der Waals surface area contributed by atoms with Crippen LogP contribution in [0.5, 0.6) is 5.75 Å². The molecule has 0 bridgehead atoms. The number of hydrogen-bond acceptors (Lipinski definition) is 4. The monoisotopic (exact) mass is 378 g/mol. The van der Waals surface area contributed by atoms with Gasteiger partial charge in [-0.05, 0) is 53.7 Å². The van der Waals surface area contributed by atoms with Crippen molar-refractivity contribution in [1.29, 1.82) is 0 Å². The molecule has 0 saturated carbocycles. The van der Waals surface area contributed by atoms with Crippen LogP contribution in [0.4, 0.5) is 5.69 Å². The number of amides is 1. The minimum absolute atomic E-state index is 0.199. The lowest BCUT2D eigenvalue weighted by Gasteiger charge is -2.05. The van der Waals surface area contributed by atoms with Gasteiger partial charge in [-0.2, -0.15) is 0 Å². The summed E-state index contributed by atoms with van der Waals surface area (Å²) >= 11 is 13.1. The molecule has 2 aromatic carbocycles. The van der Waals surface area contributed by atoms with Gasteiger partial charge in [0, 0.05) is 10.0 Å². The van der Waals surface area contributed by atoms with Crippen molar-refractivity contribution in [3.05, 3.63) is 63.0 Å². The van der Waals surface area contributed by atoms with E-state index in [1.165, 1.54) is 11.8 Å². The zero-order valence-corrected chi connectivity index (χ0v) is 14.9. The summed E-state index contributed by atoms with van der Waals surface area (Å²) in [6.45, 7) is 0. The largest absolute Gasteiger partial charge is 0.494 e. The van der Waals surface area contributed by atoms with E-state index in [9.17, 15) is 4.79 Å². The maximum absolute atomic E-state index is 12.1. The topological polar surface area (TPSA) is 50.7 Å². The summed E-state index contributed by atoms with van der Waals surface area (Å²) in [5.74, 6) is 0.381. The summed E-state index contributed by atoms with van der Waals surface area (Å²) in [5, 5.41) is 4.40. The molecule has 1 saturated heterocycles. The number of benzene rings is 2. The van der Waals surface area contributed by atoms with Crippen LogP contribution in [0, 0.1) is 0 Å². The first-order valence-corrected chi connectivity index (χ1v) is 8.51. The van der Waals surface area contributed by atoms with Gasteiger partial charge in [0.1, 0.15) is 11.4 Å². The number of ether oxygens (including phenoxy) is 1. The quantitative estimate of drug-likeness (QED) is 0.773. The predicted octanol–water partition coefficient (Wildman–Crippen LogP) is 4.89. The molecule has 0 atom stereocenters. The molecule has 24 heavy (non-hydrogen) atoms. The molecule has 0 radical (unpaired) electrons. The Morgan fingerprint density at radius 3 is 2.54 bits per heavy atom. The fourth-order valence-electron chi connectivity index (χ4n) is 2.05. The van der Waals surface area contributed by atoms with E-state index in [0.717, 1.165) is 5.56 Å². The molecular formula is C17H12Cl2N2O2S. The summed E-state index contributed by atoms with van der Waals surface area (Å²) in [6.07, 6.45) is 1.79. The zero-order valence-electron chi connectivity index (χ0n) is 12.5. The molecule has 7 heteroatoms. The third kappa shape index (κ3) is 3.93. The van der Waals surface area contributed by atoms with Crippen LogP contribution in [0.25, 0.3) is 6.08 Å². The van der Waals surface area contributed by atoms with Crippen molar-refractivity contribution in [2.45, 2.75) is 0 Å². The van der Waals surface area contributed by atoms with Gasteiger partial charge in [0.25, 0.3) is 5.91 Å². The molecular weight excluding hydrogens is 367 g/mol. The Morgan fingerprint density at radius 1 is 1.12 bits per heavy atom. The second kappa shape index (κ2) is 7.30. The Labute approximate surface area is 153 Å². The van der Waals surface area contributed by atoms with Crippen LogP contribution in [-0.2, 0) is 4.79 Å². The van der Waals surface area contributed by atoms with Gasteiger partial charge < -0.3 is 10.1 Å². The second-order valence-electron chi connectivity index (χ2n) is 4.85. The van der Waals surface area contributed by atoms with Gasteiger partial charge >= 0.3 is 0 Å². The van der Waals surface area contributed by atoms with Gasteiger partial charge in [-0.1, -0.05) is 35.3 Å². The molecule has 0 aromatic heterocycles. The Kier molecular flexibility index (Phi) is 5.14. The molecule has 1 fully saturated rings. The van der Waals surface area contributed by atoms with Crippen LogP contribution >= 0.6 is 35.0 Å². The van der Waals surface area contributed by atoms with Gasteiger partial charge in [0.2, 0.25) is 0 Å². The number of thioether (sulfide) groups is 1. The lowest BCUT2D eigenvalue weighted by molar-refractivity contribution is -0.115. The molecule has 1 heterocycles. The first-order valence-electron chi connectivity index (χ1n) is 6.94. The van der Waals surface area contributed by atoms with E-state index in [0.29, 0.717) is 31.6 Å². The number of halogens is 2. The number of rotatable bonds is 3. The van der Waals surface area contributed by atoms with Crippen molar-refractivity contribution in [1.82, 2.24) is 5.32 Å². The number of methoxy groups -OCH3 is 1. The minimum atomic E-state index is -0.199. The molecule has 1 N–H and O–H groups in total.